The number of carbonyl (C=O) groups is 1. The van der Waals surface area contributed by atoms with Crippen molar-refractivity contribution in [3.63, 3.8) is 0 Å². The summed E-state index contributed by atoms with van der Waals surface area (Å²) < 4.78 is 4.86. The maximum atomic E-state index is 10.7. The number of carboxylic acids is 1. The minimum absolute atomic E-state index is 0.0550. The van der Waals surface area contributed by atoms with Crippen molar-refractivity contribution >= 4 is 5.97 Å². The zero-order valence-corrected chi connectivity index (χ0v) is 7.84. The van der Waals surface area contributed by atoms with Crippen LogP contribution in [0.25, 0.3) is 11.3 Å². The second-order valence-electron chi connectivity index (χ2n) is 2.89. The Morgan fingerprint density at radius 3 is 2.87 bits per heavy atom. The lowest BCUT2D eigenvalue weighted by Crippen LogP contribution is -2.01. The Morgan fingerprint density at radius 1 is 1.47 bits per heavy atom. The normalized spacial score (nSPS) is 10.2. The van der Waals surface area contributed by atoms with Crippen molar-refractivity contribution in [1.82, 2.24) is 15.1 Å². The van der Waals surface area contributed by atoms with Crippen molar-refractivity contribution in [2.75, 3.05) is 0 Å². The molecule has 0 aromatic carbocycles. The molecular formula is C9H7N3O3. The van der Waals surface area contributed by atoms with Gasteiger partial charge in [-0.25, -0.2) is 14.8 Å². The van der Waals surface area contributed by atoms with Crippen LogP contribution >= 0.6 is 0 Å². The number of nitrogens with zero attached hydrogens (tertiary/aromatic N) is 3. The predicted molar refractivity (Wildman–Crippen MR) is 49.2 cm³/mol. The Kier molecular flexibility index (Phi) is 2.17. The first kappa shape index (κ1) is 9.32. The quantitative estimate of drug-likeness (QED) is 0.790. The van der Waals surface area contributed by atoms with Crippen LogP contribution in [-0.4, -0.2) is 26.2 Å². The van der Waals surface area contributed by atoms with E-state index in [9.17, 15) is 4.79 Å². The Hall–Kier alpha value is -2.24. The number of aromatic carboxylic acids is 1. The van der Waals surface area contributed by atoms with Crippen LogP contribution in [0.2, 0.25) is 0 Å². The number of rotatable bonds is 2. The van der Waals surface area contributed by atoms with E-state index >= 15 is 0 Å². The molecule has 1 N–H and O–H groups in total. The fourth-order valence-electron chi connectivity index (χ4n) is 1.17. The van der Waals surface area contributed by atoms with Crippen LogP contribution in [0.1, 0.15) is 16.2 Å². The molecule has 6 nitrogen and oxygen atoms in total. The third-order valence-electron chi connectivity index (χ3n) is 1.91. The number of hydrogen-bond donors (Lipinski definition) is 1. The molecule has 2 aromatic rings. The standard InChI is InChI=1S/C9H7N3O3/c1-5-6(3-12-15-5)7-2-8(9(13)14)11-4-10-7/h2-4H,1H3,(H,13,14). The number of aryl methyl sites for hydroxylation is 1. The van der Waals surface area contributed by atoms with E-state index in [4.69, 9.17) is 9.63 Å². The first-order valence-corrected chi connectivity index (χ1v) is 4.15. The first-order valence-electron chi connectivity index (χ1n) is 4.15. The van der Waals surface area contributed by atoms with Crippen LogP contribution in [0.15, 0.2) is 23.1 Å². The molecular weight excluding hydrogens is 198 g/mol. The molecule has 0 amide bonds. The third kappa shape index (κ3) is 1.69. The lowest BCUT2D eigenvalue weighted by atomic mass is 10.2. The lowest BCUT2D eigenvalue weighted by molar-refractivity contribution is 0.0690. The Labute approximate surface area is 84.6 Å². The van der Waals surface area contributed by atoms with Crippen molar-refractivity contribution < 1.29 is 14.4 Å². The van der Waals surface area contributed by atoms with Crippen molar-refractivity contribution in [3.05, 3.63) is 30.0 Å². The summed E-state index contributed by atoms with van der Waals surface area (Å²) in [5.41, 5.74) is 1.10. The van der Waals surface area contributed by atoms with Gasteiger partial charge in [-0.1, -0.05) is 5.16 Å². The topological polar surface area (TPSA) is 89.1 Å². The van der Waals surface area contributed by atoms with Gasteiger partial charge in [0.15, 0.2) is 5.69 Å². The van der Waals surface area contributed by atoms with Gasteiger partial charge >= 0.3 is 5.97 Å². The molecule has 2 aromatic heterocycles. The fourth-order valence-corrected chi connectivity index (χ4v) is 1.17. The zero-order chi connectivity index (χ0) is 10.8. The van der Waals surface area contributed by atoms with Gasteiger partial charge in [0.25, 0.3) is 0 Å². The molecule has 0 radical (unpaired) electrons. The van der Waals surface area contributed by atoms with Gasteiger partial charge in [-0.2, -0.15) is 0 Å². The minimum atomic E-state index is -1.09. The highest BCUT2D eigenvalue weighted by molar-refractivity contribution is 5.86. The Morgan fingerprint density at radius 2 is 2.27 bits per heavy atom. The van der Waals surface area contributed by atoms with E-state index in [0.29, 0.717) is 17.0 Å². The van der Waals surface area contributed by atoms with E-state index < -0.39 is 5.97 Å². The fraction of sp³-hybridized carbons (Fsp3) is 0.111. The average Bonchev–Trinajstić information content (AvgIpc) is 2.64. The van der Waals surface area contributed by atoms with Gasteiger partial charge in [0.2, 0.25) is 0 Å². The Bertz CT molecular complexity index is 507. The number of carboxylic acid groups (broad SMARTS) is 1. The largest absolute Gasteiger partial charge is 0.477 e. The summed E-state index contributed by atoms with van der Waals surface area (Å²) in [5.74, 6) is -0.502. The number of aromatic nitrogens is 3. The van der Waals surface area contributed by atoms with Crippen LogP contribution in [-0.2, 0) is 0 Å². The molecule has 0 unspecified atom stereocenters. The molecule has 0 saturated carbocycles. The first-order chi connectivity index (χ1) is 7.18. The van der Waals surface area contributed by atoms with Crippen molar-refractivity contribution in [1.29, 1.82) is 0 Å². The van der Waals surface area contributed by atoms with Gasteiger partial charge < -0.3 is 9.63 Å². The molecule has 0 spiro atoms. The summed E-state index contributed by atoms with van der Waals surface area (Å²) in [6.45, 7) is 1.73. The molecule has 0 aliphatic rings. The highest BCUT2D eigenvalue weighted by Crippen LogP contribution is 2.20. The summed E-state index contributed by atoms with van der Waals surface area (Å²) in [4.78, 5) is 18.2. The van der Waals surface area contributed by atoms with Crippen LogP contribution in [0, 0.1) is 6.92 Å². The van der Waals surface area contributed by atoms with Crippen molar-refractivity contribution in [3.8, 4) is 11.3 Å². The second kappa shape index (κ2) is 3.49. The average molecular weight is 205 g/mol. The molecule has 0 bridgehead atoms. The van der Waals surface area contributed by atoms with Gasteiger partial charge in [0.1, 0.15) is 12.1 Å². The maximum absolute atomic E-state index is 10.7. The summed E-state index contributed by atoms with van der Waals surface area (Å²) in [6.07, 6.45) is 2.69. The van der Waals surface area contributed by atoms with Gasteiger partial charge in [-0.3, -0.25) is 0 Å². The van der Waals surface area contributed by atoms with Crippen LogP contribution in [0.4, 0.5) is 0 Å². The second-order valence-corrected chi connectivity index (χ2v) is 2.89. The third-order valence-corrected chi connectivity index (χ3v) is 1.91. The highest BCUT2D eigenvalue weighted by Gasteiger charge is 2.11. The Balaban J connectivity index is 2.50. The van der Waals surface area contributed by atoms with Gasteiger partial charge in [0, 0.05) is 0 Å². The molecule has 0 aliphatic carbocycles. The molecule has 0 atom stereocenters. The molecule has 15 heavy (non-hydrogen) atoms. The molecule has 76 valence electrons. The molecule has 0 fully saturated rings. The van der Waals surface area contributed by atoms with E-state index in [2.05, 4.69) is 15.1 Å². The van der Waals surface area contributed by atoms with Crippen molar-refractivity contribution in [2.24, 2.45) is 0 Å². The van der Waals surface area contributed by atoms with Crippen LogP contribution in [0.5, 0.6) is 0 Å². The summed E-state index contributed by atoms with van der Waals surface area (Å²) in [6, 6.07) is 1.38. The monoisotopic (exact) mass is 205 g/mol. The van der Waals surface area contributed by atoms with Gasteiger partial charge in [-0.15, -0.1) is 0 Å². The van der Waals surface area contributed by atoms with Crippen LogP contribution in [0.3, 0.4) is 0 Å². The van der Waals surface area contributed by atoms with E-state index in [1.165, 1.54) is 18.6 Å². The highest BCUT2D eigenvalue weighted by atomic mass is 16.5. The van der Waals surface area contributed by atoms with Crippen LogP contribution < -0.4 is 0 Å². The van der Waals surface area contributed by atoms with E-state index in [1.807, 2.05) is 0 Å². The summed E-state index contributed by atoms with van der Waals surface area (Å²) >= 11 is 0. The molecule has 2 rings (SSSR count). The lowest BCUT2D eigenvalue weighted by Gasteiger charge is -1.97. The van der Waals surface area contributed by atoms with E-state index in [1.54, 1.807) is 6.92 Å². The van der Waals surface area contributed by atoms with Gasteiger partial charge in [-0.05, 0) is 13.0 Å². The molecule has 0 saturated heterocycles. The smallest absolute Gasteiger partial charge is 0.354 e. The minimum Gasteiger partial charge on any atom is -0.477 e. The SMILES string of the molecule is Cc1oncc1-c1cc(C(=O)O)ncn1. The number of hydrogen-bond acceptors (Lipinski definition) is 5. The zero-order valence-electron chi connectivity index (χ0n) is 7.84. The summed E-state index contributed by atoms with van der Waals surface area (Å²) in [7, 11) is 0. The maximum Gasteiger partial charge on any atom is 0.354 e. The molecule has 0 aliphatic heterocycles. The molecule has 2 heterocycles. The van der Waals surface area contributed by atoms with Gasteiger partial charge in [0.05, 0.1) is 17.5 Å². The summed E-state index contributed by atoms with van der Waals surface area (Å²) in [5, 5.41) is 12.3. The van der Waals surface area contributed by atoms with E-state index in [-0.39, 0.29) is 5.69 Å². The van der Waals surface area contributed by atoms with E-state index in [0.717, 1.165) is 0 Å². The molecule has 6 heteroatoms. The van der Waals surface area contributed by atoms with Crippen molar-refractivity contribution in [2.45, 2.75) is 6.92 Å². The predicted octanol–water partition coefficient (Wildman–Crippen LogP) is 1.14.